The van der Waals surface area contributed by atoms with Crippen LogP contribution in [0.5, 0.6) is 5.75 Å². The first-order valence-electron chi connectivity index (χ1n) is 2.82. The molecule has 11 heavy (non-hydrogen) atoms. The maximum absolute atomic E-state index is 12.6. The second-order valence-electron chi connectivity index (χ2n) is 1.75. The molecule has 0 atom stereocenters. The fourth-order valence-electron chi connectivity index (χ4n) is 0.563. The molecule has 58 valence electrons. The Balaban J connectivity index is 2.78. The highest BCUT2D eigenvalue weighted by atomic mass is 19.1. The lowest BCUT2D eigenvalue weighted by Gasteiger charge is -2.03. The van der Waals surface area contributed by atoms with E-state index >= 15 is 0 Å². The van der Waals surface area contributed by atoms with E-state index < -0.39 is 13.1 Å². The summed E-state index contributed by atoms with van der Waals surface area (Å²) in [6.45, 7) is 0. The lowest BCUT2D eigenvalue weighted by molar-refractivity contribution is 0.281. The van der Waals surface area contributed by atoms with Crippen molar-refractivity contribution in [2.45, 2.75) is 0 Å². The van der Waals surface area contributed by atoms with Crippen molar-refractivity contribution in [3.8, 4) is 5.75 Å². The van der Waals surface area contributed by atoms with E-state index in [1.165, 1.54) is 6.20 Å². The van der Waals surface area contributed by atoms with Crippen LogP contribution in [0.2, 0.25) is 0 Å². The van der Waals surface area contributed by atoms with Gasteiger partial charge in [0.05, 0.1) is 6.20 Å². The fourth-order valence-corrected chi connectivity index (χ4v) is 0.563. The van der Waals surface area contributed by atoms with Crippen molar-refractivity contribution in [1.82, 2.24) is 4.98 Å². The summed E-state index contributed by atoms with van der Waals surface area (Å²) in [5.74, 6) is -0.976. The predicted molar refractivity (Wildman–Crippen MR) is 35.0 cm³/mol. The van der Waals surface area contributed by atoms with E-state index in [0.717, 1.165) is 12.3 Å². The van der Waals surface area contributed by atoms with Gasteiger partial charge in [0.1, 0.15) is 0 Å². The smallest absolute Gasteiger partial charge is 0.508 e. The first-order chi connectivity index (χ1) is 5.20. The molecule has 2 N–H and O–H groups in total. The number of nitrogens with zero attached hydrogens (tertiary/aromatic N) is 1. The van der Waals surface area contributed by atoms with E-state index in [-0.39, 0.29) is 5.75 Å². The van der Waals surface area contributed by atoms with Gasteiger partial charge in [-0.25, -0.2) is 4.39 Å². The molecule has 0 saturated heterocycles. The summed E-state index contributed by atoms with van der Waals surface area (Å²) in [7, 11) is -2.02. The van der Waals surface area contributed by atoms with Gasteiger partial charge in [-0.1, -0.05) is 0 Å². The Morgan fingerprint density at radius 1 is 1.55 bits per heavy atom. The van der Waals surface area contributed by atoms with Crippen LogP contribution in [0.3, 0.4) is 0 Å². The predicted octanol–water partition coefficient (Wildman–Crippen LogP) is -0.431. The number of pyridine rings is 1. The molecule has 1 heterocycles. The van der Waals surface area contributed by atoms with Crippen LogP contribution in [0.15, 0.2) is 18.5 Å². The molecular weight excluding hydrogens is 152 g/mol. The molecule has 0 aliphatic carbocycles. The zero-order valence-corrected chi connectivity index (χ0v) is 5.44. The summed E-state index contributed by atoms with van der Waals surface area (Å²) in [6, 6.07) is 1.05. The molecule has 0 bridgehead atoms. The lowest BCUT2D eigenvalue weighted by Crippen LogP contribution is -2.21. The minimum atomic E-state index is -2.02. The highest BCUT2D eigenvalue weighted by Gasteiger charge is 2.13. The van der Waals surface area contributed by atoms with Gasteiger partial charge >= 0.3 is 7.32 Å². The van der Waals surface area contributed by atoms with Crippen molar-refractivity contribution in [3.05, 3.63) is 24.3 Å². The van der Waals surface area contributed by atoms with Crippen molar-refractivity contribution in [2.24, 2.45) is 0 Å². The van der Waals surface area contributed by atoms with Crippen molar-refractivity contribution in [3.63, 3.8) is 0 Å². The van der Waals surface area contributed by atoms with Crippen molar-refractivity contribution in [1.29, 1.82) is 0 Å². The maximum Gasteiger partial charge on any atom is 0.707 e. The number of halogens is 1. The van der Waals surface area contributed by atoms with E-state index in [1.54, 1.807) is 0 Å². The Hall–Kier alpha value is -1.14. The van der Waals surface area contributed by atoms with E-state index in [4.69, 9.17) is 10.0 Å². The largest absolute Gasteiger partial charge is 0.707 e. The summed E-state index contributed by atoms with van der Waals surface area (Å²) in [6.07, 6.45) is 2.28. The normalized spacial score (nSPS) is 9.36. The van der Waals surface area contributed by atoms with Crippen LogP contribution in [-0.2, 0) is 0 Å². The Labute approximate surface area is 62.4 Å². The Morgan fingerprint density at radius 2 is 2.27 bits per heavy atom. The molecule has 1 aromatic rings. The van der Waals surface area contributed by atoms with Crippen LogP contribution in [-0.4, -0.2) is 22.4 Å². The molecule has 0 fully saturated rings. The first kappa shape index (κ1) is 7.97. The Kier molecular flexibility index (Phi) is 2.40. The van der Waals surface area contributed by atoms with Crippen LogP contribution in [0.25, 0.3) is 0 Å². The van der Waals surface area contributed by atoms with E-state index in [1.807, 2.05) is 0 Å². The third kappa shape index (κ3) is 2.17. The molecule has 4 nitrogen and oxygen atoms in total. The summed E-state index contributed by atoms with van der Waals surface area (Å²) in [4.78, 5) is 3.51. The molecule has 6 heteroatoms. The zero-order valence-electron chi connectivity index (χ0n) is 5.44. The number of rotatable bonds is 2. The van der Waals surface area contributed by atoms with E-state index in [0.29, 0.717) is 0 Å². The summed E-state index contributed by atoms with van der Waals surface area (Å²) in [5.41, 5.74) is 0. The molecule has 1 aromatic heterocycles. The van der Waals surface area contributed by atoms with Crippen LogP contribution in [0, 0.1) is 5.82 Å². The van der Waals surface area contributed by atoms with Gasteiger partial charge in [0.25, 0.3) is 0 Å². The molecule has 0 spiro atoms. The van der Waals surface area contributed by atoms with Gasteiger partial charge in [-0.05, 0) is 6.07 Å². The Morgan fingerprint density at radius 3 is 2.82 bits per heavy atom. The third-order valence-corrected chi connectivity index (χ3v) is 0.966. The van der Waals surface area contributed by atoms with Crippen molar-refractivity contribution < 1.29 is 19.1 Å². The average molecular weight is 157 g/mol. The molecule has 0 unspecified atom stereocenters. The fraction of sp³-hybridized carbons (Fsp3) is 0. The van der Waals surface area contributed by atoms with E-state index in [2.05, 4.69) is 9.64 Å². The summed E-state index contributed by atoms with van der Waals surface area (Å²) in [5, 5.41) is 16.5. The maximum atomic E-state index is 12.6. The molecule has 0 aliphatic heterocycles. The van der Waals surface area contributed by atoms with Gasteiger partial charge in [-0.3, -0.25) is 4.98 Å². The molecule has 0 aromatic carbocycles. The molecule has 0 aliphatic rings. The second-order valence-corrected chi connectivity index (χ2v) is 1.75. The van der Waals surface area contributed by atoms with Crippen LogP contribution < -0.4 is 4.65 Å². The Bertz CT molecular complexity index is 245. The van der Waals surface area contributed by atoms with Gasteiger partial charge in [-0.2, -0.15) is 0 Å². The van der Waals surface area contributed by atoms with Crippen molar-refractivity contribution in [2.75, 3.05) is 0 Å². The minimum Gasteiger partial charge on any atom is -0.508 e. The molecule has 0 saturated carbocycles. The molecule has 0 amide bonds. The van der Waals surface area contributed by atoms with Gasteiger partial charge < -0.3 is 14.7 Å². The highest BCUT2D eigenvalue weighted by molar-refractivity contribution is 6.33. The van der Waals surface area contributed by atoms with Crippen LogP contribution >= 0.6 is 0 Å². The monoisotopic (exact) mass is 157 g/mol. The van der Waals surface area contributed by atoms with Gasteiger partial charge in [0.2, 0.25) is 0 Å². The summed E-state index contributed by atoms with van der Waals surface area (Å²) >= 11 is 0. The van der Waals surface area contributed by atoms with Gasteiger partial charge in [0.15, 0.2) is 11.6 Å². The van der Waals surface area contributed by atoms with Gasteiger partial charge in [0, 0.05) is 6.20 Å². The summed E-state index contributed by atoms with van der Waals surface area (Å²) < 4.78 is 16.8. The third-order valence-electron chi connectivity index (χ3n) is 0.966. The highest BCUT2D eigenvalue weighted by Crippen LogP contribution is 2.13. The van der Waals surface area contributed by atoms with Crippen LogP contribution in [0.1, 0.15) is 0 Å². The number of aromatic nitrogens is 1. The molecule has 1 rings (SSSR count). The van der Waals surface area contributed by atoms with Crippen LogP contribution in [0.4, 0.5) is 4.39 Å². The van der Waals surface area contributed by atoms with Crippen molar-refractivity contribution >= 4 is 7.32 Å². The second kappa shape index (κ2) is 3.31. The standard InChI is InChI=1S/C5H5BFNO3/c7-4-1-2-8-3-5(4)11-6(9)10/h1-3,9-10H. The number of hydrogen-bond acceptors (Lipinski definition) is 4. The topological polar surface area (TPSA) is 62.6 Å². The SMILES string of the molecule is OB(O)Oc1cnccc1F. The van der Waals surface area contributed by atoms with Gasteiger partial charge in [-0.15, -0.1) is 0 Å². The zero-order chi connectivity index (χ0) is 8.27. The first-order valence-corrected chi connectivity index (χ1v) is 2.82. The average Bonchev–Trinajstić information content (AvgIpc) is 1.93. The number of hydrogen-bond donors (Lipinski definition) is 2. The molecular formula is C5H5BFNO3. The van der Waals surface area contributed by atoms with E-state index in [9.17, 15) is 4.39 Å². The minimum absolute atomic E-state index is 0.289. The lowest BCUT2D eigenvalue weighted by atomic mass is 10.2. The quantitative estimate of drug-likeness (QED) is 0.571. The molecule has 0 radical (unpaired) electrons.